The van der Waals surface area contributed by atoms with E-state index in [9.17, 15) is 14.4 Å². The van der Waals surface area contributed by atoms with Crippen LogP contribution in [0.5, 0.6) is 0 Å². The van der Waals surface area contributed by atoms with Crippen LogP contribution in [-0.4, -0.2) is 53.3 Å². The second kappa shape index (κ2) is 3.87. The third kappa shape index (κ3) is 1.69. The topological polar surface area (TPSA) is 69.7 Å². The molecular weight excluding hydrogens is 222 g/mol. The minimum Gasteiger partial charge on any atom is -0.339 e. The van der Waals surface area contributed by atoms with Crippen molar-refractivity contribution in [3.8, 4) is 0 Å². The number of rotatable bonds is 1. The van der Waals surface area contributed by atoms with E-state index in [0.717, 1.165) is 4.90 Å². The largest absolute Gasteiger partial charge is 0.339 e. The number of hydrogen-bond acceptors (Lipinski definition) is 3. The first-order valence-electron chi connectivity index (χ1n) is 5.52. The van der Waals surface area contributed by atoms with Gasteiger partial charge in [-0.05, 0) is 18.9 Å². The van der Waals surface area contributed by atoms with E-state index in [-0.39, 0.29) is 17.8 Å². The lowest BCUT2D eigenvalue weighted by molar-refractivity contribution is -0.135. The smallest absolute Gasteiger partial charge is 0.324 e. The minimum absolute atomic E-state index is 0.134. The van der Waals surface area contributed by atoms with Crippen molar-refractivity contribution >= 4 is 17.8 Å². The van der Waals surface area contributed by atoms with Crippen LogP contribution < -0.4 is 5.32 Å². The molecule has 4 amide bonds. The Labute approximate surface area is 99.2 Å². The Balaban J connectivity index is 2.08. The van der Waals surface area contributed by atoms with E-state index in [1.54, 1.807) is 4.90 Å². The molecular formula is C11H15N3O3. The van der Waals surface area contributed by atoms with Gasteiger partial charge in [-0.25, -0.2) is 4.79 Å². The van der Waals surface area contributed by atoms with Crippen LogP contribution in [0.1, 0.15) is 12.8 Å². The zero-order chi connectivity index (χ0) is 12.6. The first-order chi connectivity index (χ1) is 8.00. The summed E-state index contributed by atoms with van der Waals surface area (Å²) in [7, 11) is 1.47. The lowest BCUT2D eigenvalue weighted by atomic mass is 9.87. The summed E-state index contributed by atoms with van der Waals surface area (Å²) in [6, 6.07) is -0.363. The number of amides is 4. The first kappa shape index (κ1) is 11.6. The number of hydrogen-bond donors (Lipinski definition) is 1. The van der Waals surface area contributed by atoms with Crippen molar-refractivity contribution in [3.05, 3.63) is 12.7 Å². The summed E-state index contributed by atoms with van der Waals surface area (Å²) in [5, 5.41) is 2.72. The van der Waals surface area contributed by atoms with Crippen LogP contribution in [0, 0.1) is 0 Å². The highest BCUT2D eigenvalue weighted by Crippen LogP contribution is 2.28. The second-order valence-electron chi connectivity index (χ2n) is 4.41. The predicted octanol–water partition coefficient (Wildman–Crippen LogP) is -0.285. The van der Waals surface area contributed by atoms with E-state index >= 15 is 0 Å². The molecule has 0 atom stereocenters. The molecule has 92 valence electrons. The summed E-state index contributed by atoms with van der Waals surface area (Å²) >= 11 is 0. The number of nitrogens with zero attached hydrogens (tertiary/aromatic N) is 2. The normalized spacial score (nSPS) is 22.9. The zero-order valence-electron chi connectivity index (χ0n) is 9.73. The van der Waals surface area contributed by atoms with Gasteiger partial charge in [-0.2, -0.15) is 0 Å². The molecule has 6 nitrogen and oxygen atoms in total. The zero-order valence-corrected chi connectivity index (χ0v) is 9.73. The van der Waals surface area contributed by atoms with Crippen LogP contribution in [0.2, 0.25) is 0 Å². The Bertz CT molecular complexity index is 397. The summed E-state index contributed by atoms with van der Waals surface area (Å²) in [5.74, 6) is -0.335. The number of imide groups is 1. The molecule has 2 aliphatic heterocycles. The highest BCUT2D eigenvalue weighted by molar-refractivity contribution is 6.06. The van der Waals surface area contributed by atoms with Gasteiger partial charge in [-0.15, -0.1) is 0 Å². The van der Waals surface area contributed by atoms with Gasteiger partial charge in [0.2, 0.25) is 5.91 Å². The van der Waals surface area contributed by atoms with Crippen LogP contribution in [0.3, 0.4) is 0 Å². The molecule has 1 spiro atoms. The molecule has 2 saturated heterocycles. The standard InChI is InChI=1S/C11H15N3O3/c1-3-8(15)14-6-4-11(5-7-14)9(16)13(2)10(17)12-11/h3H,1,4-7H2,2H3,(H,12,17). The van der Waals surface area contributed by atoms with Gasteiger partial charge in [-0.3, -0.25) is 14.5 Å². The Kier molecular flexibility index (Phi) is 2.65. The van der Waals surface area contributed by atoms with Crippen LogP contribution >= 0.6 is 0 Å². The molecule has 0 aromatic heterocycles. The molecule has 17 heavy (non-hydrogen) atoms. The van der Waals surface area contributed by atoms with E-state index in [2.05, 4.69) is 11.9 Å². The first-order valence-corrected chi connectivity index (χ1v) is 5.52. The van der Waals surface area contributed by atoms with Crippen LogP contribution in [0.25, 0.3) is 0 Å². The fourth-order valence-electron chi connectivity index (χ4n) is 2.33. The Morgan fingerprint density at radius 1 is 1.41 bits per heavy atom. The summed E-state index contributed by atoms with van der Waals surface area (Å²) in [6.45, 7) is 4.35. The van der Waals surface area contributed by atoms with Crippen molar-refractivity contribution in [2.75, 3.05) is 20.1 Å². The third-order valence-corrected chi connectivity index (χ3v) is 3.47. The molecule has 0 aromatic carbocycles. The lowest BCUT2D eigenvalue weighted by Crippen LogP contribution is -2.55. The maximum absolute atomic E-state index is 12.0. The summed E-state index contributed by atoms with van der Waals surface area (Å²) in [4.78, 5) is 37.5. The van der Waals surface area contributed by atoms with Crippen molar-refractivity contribution < 1.29 is 14.4 Å². The number of piperidine rings is 1. The van der Waals surface area contributed by atoms with Crippen molar-refractivity contribution in [3.63, 3.8) is 0 Å². The third-order valence-electron chi connectivity index (χ3n) is 3.47. The highest BCUT2D eigenvalue weighted by atomic mass is 16.2. The number of carbonyl (C=O) groups excluding carboxylic acids is 3. The van der Waals surface area contributed by atoms with E-state index < -0.39 is 5.54 Å². The number of urea groups is 1. The van der Waals surface area contributed by atoms with Crippen LogP contribution in [0.4, 0.5) is 4.79 Å². The van der Waals surface area contributed by atoms with E-state index in [4.69, 9.17) is 0 Å². The van der Waals surface area contributed by atoms with Gasteiger partial charge >= 0.3 is 6.03 Å². The summed E-state index contributed by atoms with van der Waals surface area (Å²) in [5.41, 5.74) is -0.802. The highest BCUT2D eigenvalue weighted by Gasteiger charge is 2.51. The number of likely N-dealkylation sites (N-methyl/N-ethyl adjacent to an activating group) is 1. The number of likely N-dealkylation sites (tertiary alicyclic amines) is 1. The van der Waals surface area contributed by atoms with E-state index in [0.29, 0.717) is 25.9 Å². The Hall–Kier alpha value is -1.85. The molecule has 0 bridgehead atoms. The average Bonchev–Trinajstić information content (AvgIpc) is 2.55. The van der Waals surface area contributed by atoms with Gasteiger partial charge in [0, 0.05) is 20.1 Å². The Morgan fingerprint density at radius 3 is 2.41 bits per heavy atom. The average molecular weight is 237 g/mol. The number of carbonyl (C=O) groups is 3. The monoisotopic (exact) mass is 237 g/mol. The van der Waals surface area contributed by atoms with Gasteiger partial charge in [0.15, 0.2) is 0 Å². The molecule has 0 unspecified atom stereocenters. The van der Waals surface area contributed by atoms with Crippen LogP contribution in [0.15, 0.2) is 12.7 Å². The molecule has 2 fully saturated rings. The fourth-order valence-corrected chi connectivity index (χ4v) is 2.33. The predicted molar refractivity (Wildman–Crippen MR) is 60.0 cm³/mol. The van der Waals surface area contributed by atoms with E-state index in [1.165, 1.54) is 13.1 Å². The van der Waals surface area contributed by atoms with Gasteiger partial charge in [0.25, 0.3) is 5.91 Å². The van der Waals surface area contributed by atoms with Crippen molar-refractivity contribution in [1.82, 2.24) is 15.1 Å². The van der Waals surface area contributed by atoms with Gasteiger partial charge in [-0.1, -0.05) is 6.58 Å². The second-order valence-corrected chi connectivity index (χ2v) is 4.41. The van der Waals surface area contributed by atoms with E-state index in [1.807, 2.05) is 0 Å². The molecule has 2 heterocycles. The van der Waals surface area contributed by atoms with Gasteiger partial charge in [0.1, 0.15) is 5.54 Å². The maximum Gasteiger partial charge on any atom is 0.324 e. The summed E-state index contributed by atoms with van der Waals surface area (Å²) < 4.78 is 0. The van der Waals surface area contributed by atoms with Gasteiger partial charge < -0.3 is 10.2 Å². The molecule has 0 radical (unpaired) electrons. The molecule has 2 aliphatic rings. The molecule has 2 rings (SSSR count). The maximum atomic E-state index is 12.0. The molecule has 0 aliphatic carbocycles. The van der Waals surface area contributed by atoms with Gasteiger partial charge in [0.05, 0.1) is 0 Å². The molecule has 1 N–H and O–H groups in total. The minimum atomic E-state index is -0.802. The summed E-state index contributed by atoms with van der Waals surface area (Å²) in [6.07, 6.45) is 2.18. The Morgan fingerprint density at radius 2 is 2.00 bits per heavy atom. The quantitative estimate of drug-likeness (QED) is 0.503. The lowest BCUT2D eigenvalue weighted by Gasteiger charge is -2.36. The molecule has 0 saturated carbocycles. The van der Waals surface area contributed by atoms with Crippen molar-refractivity contribution in [2.45, 2.75) is 18.4 Å². The fraction of sp³-hybridized carbons (Fsp3) is 0.545. The van der Waals surface area contributed by atoms with Crippen LogP contribution in [-0.2, 0) is 9.59 Å². The van der Waals surface area contributed by atoms with Crippen molar-refractivity contribution in [1.29, 1.82) is 0 Å². The van der Waals surface area contributed by atoms with Crippen molar-refractivity contribution in [2.24, 2.45) is 0 Å². The number of nitrogens with one attached hydrogen (secondary N) is 1. The molecule has 6 heteroatoms. The SMILES string of the molecule is C=CC(=O)N1CCC2(CC1)NC(=O)N(C)C2=O. The molecule has 0 aromatic rings.